The predicted molar refractivity (Wildman–Crippen MR) is 52.0 cm³/mol. The molecule has 2 N–H and O–H groups in total. The zero-order valence-corrected chi connectivity index (χ0v) is 7.74. The van der Waals surface area contributed by atoms with Crippen molar-refractivity contribution in [3.63, 3.8) is 0 Å². The molecule has 1 rings (SSSR count). The molecule has 0 bridgehead atoms. The topological polar surface area (TPSA) is 26.0 Å². The van der Waals surface area contributed by atoms with Gasteiger partial charge in [-0.05, 0) is 36.4 Å². The first-order valence-electron chi connectivity index (χ1n) is 3.69. The molecule has 0 saturated heterocycles. The summed E-state index contributed by atoms with van der Waals surface area (Å²) in [4.78, 5) is 1.25. The summed E-state index contributed by atoms with van der Waals surface area (Å²) in [6.07, 6.45) is 3.12. The van der Waals surface area contributed by atoms with E-state index >= 15 is 0 Å². The third kappa shape index (κ3) is 2.15. The van der Waals surface area contributed by atoms with E-state index in [1.54, 1.807) is 11.8 Å². The average molecular weight is 167 g/mol. The van der Waals surface area contributed by atoms with Crippen LogP contribution in [0.3, 0.4) is 0 Å². The fraction of sp³-hybridized carbons (Fsp3) is 0.333. The van der Waals surface area contributed by atoms with Crippen molar-refractivity contribution < 1.29 is 0 Å². The molecule has 1 nitrogen and oxygen atoms in total. The first-order valence-corrected chi connectivity index (χ1v) is 4.92. The highest BCUT2D eigenvalue weighted by molar-refractivity contribution is 7.98. The van der Waals surface area contributed by atoms with Crippen LogP contribution in [0.2, 0.25) is 0 Å². The molecule has 1 aromatic carbocycles. The summed E-state index contributed by atoms with van der Waals surface area (Å²) in [7, 11) is 0. The summed E-state index contributed by atoms with van der Waals surface area (Å²) >= 11 is 1.73. The number of benzene rings is 1. The molecule has 60 valence electrons. The van der Waals surface area contributed by atoms with Gasteiger partial charge in [-0.2, -0.15) is 0 Å². The molecule has 0 unspecified atom stereocenters. The van der Waals surface area contributed by atoms with Gasteiger partial charge in [0.25, 0.3) is 0 Å². The minimum Gasteiger partial charge on any atom is -0.399 e. The Balaban J connectivity index is 3.02. The van der Waals surface area contributed by atoms with Crippen molar-refractivity contribution >= 4 is 17.4 Å². The highest BCUT2D eigenvalue weighted by Crippen LogP contribution is 2.20. The normalized spacial score (nSPS) is 10.0. The number of hydrogen-bond donors (Lipinski definition) is 1. The van der Waals surface area contributed by atoms with Gasteiger partial charge in [-0.3, -0.25) is 0 Å². The van der Waals surface area contributed by atoms with E-state index in [-0.39, 0.29) is 0 Å². The van der Waals surface area contributed by atoms with Crippen LogP contribution in [0.5, 0.6) is 0 Å². The van der Waals surface area contributed by atoms with Crippen molar-refractivity contribution in [3.8, 4) is 0 Å². The van der Waals surface area contributed by atoms with Crippen molar-refractivity contribution in [1.29, 1.82) is 0 Å². The van der Waals surface area contributed by atoms with Gasteiger partial charge in [0.2, 0.25) is 0 Å². The quantitative estimate of drug-likeness (QED) is 0.541. The second kappa shape index (κ2) is 3.67. The molecule has 0 aliphatic rings. The van der Waals surface area contributed by atoms with Gasteiger partial charge in [0, 0.05) is 10.6 Å². The van der Waals surface area contributed by atoms with Crippen molar-refractivity contribution in [2.45, 2.75) is 18.2 Å². The fourth-order valence-electron chi connectivity index (χ4n) is 1.01. The Morgan fingerprint density at radius 3 is 2.64 bits per heavy atom. The summed E-state index contributed by atoms with van der Waals surface area (Å²) in [5, 5.41) is 0. The van der Waals surface area contributed by atoms with E-state index in [1.807, 2.05) is 12.1 Å². The van der Waals surface area contributed by atoms with Crippen LogP contribution in [0.15, 0.2) is 23.1 Å². The van der Waals surface area contributed by atoms with Gasteiger partial charge in [-0.25, -0.2) is 0 Å². The average Bonchev–Trinajstić information content (AvgIpc) is 2.03. The van der Waals surface area contributed by atoms with Gasteiger partial charge in [0.05, 0.1) is 0 Å². The lowest BCUT2D eigenvalue weighted by Crippen LogP contribution is -1.88. The largest absolute Gasteiger partial charge is 0.399 e. The predicted octanol–water partition coefficient (Wildman–Crippen LogP) is 2.55. The monoisotopic (exact) mass is 167 g/mol. The van der Waals surface area contributed by atoms with Crippen LogP contribution in [-0.4, -0.2) is 6.26 Å². The lowest BCUT2D eigenvalue weighted by atomic mass is 10.1. The van der Waals surface area contributed by atoms with E-state index in [0.717, 1.165) is 12.1 Å². The van der Waals surface area contributed by atoms with E-state index in [1.165, 1.54) is 10.5 Å². The Bertz CT molecular complexity index is 223. The second-order valence-electron chi connectivity index (χ2n) is 2.47. The third-order valence-corrected chi connectivity index (χ3v) is 2.34. The minimum absolute atomic E-state index is 0.869. The Hall–Kier alpha value is -0.630. The summed E-state index contributed by atoms with van der Waals surface area (Å²) < 4.78 is 0. The number of nitrogens with two attached hydrogens (primary N) is 1. The molecule has 0 amide bonds. The maximum Gasteiger partial charge on any atom is 0.0327 e. The van der Waals surface area contributed by atoms with Crippen molar-refractivity contribution in [2.24, 2.45) is 0 Å². The van der Waals surface area contributed by atoms with Gasteiger partial charge < -0.3 is 5.73 Å². The summed E-state index contributed by atoms with van der Waals surface area (Å²) in [5.41, 5.74) is 7.88. The van der Waals surface area contributed by atoms with Crippen LogP contribution < -0.4 is 5.73 Å². The van der Waals surface area contributed by atoms with Crippen LogP contribution in [0.1, 0.15) is 12.5 Å². The molecule has 0 aliphatic heterocycles. The zero-order valence-electron chi connectivity index (χ0n) is 6.92. The number of anilines is 1. The lowest BCUT2D eigenvalue weighted by molar-refractivity contribution is 1.12. The van der Waals surface area contributed by atoms with E-state index in [4.69, 9.17) is 5.73 Å². The van der Waals surface area contributed by atoms with Gasteiger partial charge in [-0.1, -0.05) is 6.92 Å². The molecule has 0 fully saturated rings. The Morgan fingerprint density at radius 1 is 1.36 bits per heavy atom. The molecule has 0 radical (unpaired) electrons. The van der Waals surface area contributed by atoms with Crippen LogP contribution in [0.25, 0.3) is 0 Å². The highest BCUT2D eigenvalue weighted by atomic mass is 32.2. The molecular formula is C9H13NS. The first kappa shape index (κ1) is 8.47. The van der Waals surface area contributed by atoms with Gasteiger partial charge >= 0.3 is 0 Å². The number of hydrogen-bond acceptors (Lipinski definition) is 2. The lowest BCUT2D eigenvalue weighted by Gasteiger charge is -2.02. The maximum atomic E-state index is 5.70. The number of thioether (sulfide) groups is 1. The molecule has 0 aromatic heterocycles. The van der Waals surface area contributed by atoms with Gasteiger partial charge in [-0.15, -0.1) is 11.8 Å². The van der Waals surface area contributed by atoms with Crippen molar-refractivity contribution in [2.75, 3.05) is 12.0 Å². The third-order valence-electron chi connectivity index (χ3n) is 1.63. The number of nitrogen functional groups attached to an aromatic ring is 1. The Morgan fingerprint density at radius 2 is 2.09 bits per heavy atom. The van der Waals surface area contributed by atoms with Crippen LogP contribution in [0, 0.1) is 0 Å². The molecule has 0 atom stereocenters. The number of rotatable bonds is 2. The van der Waals surface area contributed by atoms with E-state index in [9.17, 15) is 0 Å². The minimum atomic E-state index is 0.869. The molecule has 2 heteroatoms. The SMILES string of the molecule is CCc1cc(N)cc(SC)c1. The van der Waals surface area contributed by atoms with E-state index in [2.05, 4.69) is 19.2 Å². The smallest absolute Gasteiger partial charge is 0.0327 e. The Labute approximate surface area is 72.0 Å². The first-order chi connectivity index (χ1) is 5.26. The Kier molecular flexibility index (Phi) is 2.83. The molecule has 0 aliphatic carbocycles. The van der Waals surface area contributed by atoms with Crippen LogP contribution in [0.4, 0.5) is 5.69 Å². The van der Waals surface area contributed by atoms with E-state index < -0.39 is 0 Å². The highest BCUT2D eigenvalue weighted by Gasteiger charge is 1.95. The maximum absolute atomic E-state index is 5.70. The van der Waals surface area contributed by atoms with E-state index in [0.29, 0.717) is 0 Å². The summed E-state index contributed by atoms with van der Waals surface area (Å²) in [6.45, 7) is 2.14. The van der Waals surface area contributed by atoms with Gasteiger partial charge in [0.1, 0.15) is 0 Å². The van der Waals surface area contributed by atoms with Crippen LogP contribution >= 0.6 is 11.8 Å². The number of aryl methyl sites for hydroxylation is 1. The second-order valence-corrected chi connectivity index (χ2v) is 3.35. The van der Waals surface area contributed by atoms with Crippen molar-refractivity contribution in [3.05, 3.63) is 23.8 Å². The molecule has 11 heavy (non-hydrogen) atoms. The summed E-state index contributed by atoms with van der Waals surface area (Å²) in [6, 6.07) is 6.21. The van der Waals surface area contributed by atoms with Gasteiger partial charge in [0.15, 0.2) is 0 Å². The standard InChI is InChI=1S/C9H13NS/c1-3-7-4-8(10)6-9(5-7)11-2/h4-6H,3,10H2,1-2H3. The zero-order chi connectivity index (χ0) is 8.27. The molecular weight excluding hydrogens is 154 g/mol. The van der Waals surface area contributed by atoms with Crippen molar-refractivity contribution in [1.82, 2.24) is 0 Å². The fourth-order valence-corrected chi connectivity index (χ4v) is 1.53. The van der Waals surface area contributed by atoms with Crippen LogP contribution in [-0.2, 0) is 6.42 Å². The molecule has 0 spiro atoms. The molecule has 0 saturated carbocycles. The molecule has 1 aromatic rings. The molecule has 0 heterocycles. The summed E-state index contributed by atoms with van der Waals surface area (Å²) in [5.74, 6) is 0.